The number of nitrogens with one attached hydrogen (secondary N) is 2. The Morgan fingerprint density at radius 1 is 1.44 bits per heavy atom. The molecule has 1 amide bonds. The van der Waals surface area contributed by atoms with Gasteiger partial charge in [-0.15, -0.1) is 0 Å². The minimum absolute atomic E-state index is 0.0762. The molecule has 0 aliphatic heterocycles. The van der Waals surface area contributed by atoms with Gasteiger partial charge >= 0.3 is 0 Å². The molecule has 2 N–H and O–H groups in total. The van der Waals surface area contributed by atoms with Gasteiger partial charge in [0.25, 0.3) is 0 Å². The topological polar surface area (TPSA) is 41.1 Å². The molecule has 16 heavy (non-hydrogen) atoms. The molecule has 0 aromatic rings. The molecule has 0 aromatic carbocycles. The van der Waals surface area contributed by atoms with Gasteiger partial charge in [-0.05, 0) is 47.1 Å². The van der Waals surface area contributed by atoms with Crippen LogP contribution in [0.5, 0.6) is 0 Å². The van der Waals surface area contributed by atoms with Gasteiger partial charge in [-0.25, -0.2) is 0 Å². The van der Waals surface area contributed by atoms with E-state index >= 15 is 0 Å². The van der Waals surface area contributed by atoms with Crippen LogP contribution in [0.1, 0.15) is 47.5 Å². The third-order valence-corrected chi connectivity index (χ3v) is 2.74. The lowest BCUT2D eigenvalue weighted by Gasteiger charge is -2.26. The third-order valence-electron chi connectivity index (χ3n) is 2.74. The van der Waals surface area contributed by atoms with Crippen LogP contribution in [0.15, 0.2) is 12.2 Å². The number of rotatable bonds is 7. The van der Waals surface area contributed by atoms with Crippen LogP contribution in [0.4, 0.5) is 0 Å². The Bertz CT molecular complexity index is 234. The fourth-order valence-electron chi connectivity index (χ4n) is 1.17. The molecule has 94 valence electrons. The number of hydrogen-bond donors (Lipinski definition) is 2. The third kappa shape index (κ3) is 6.62. The summed E-state index contributed by atoms with van der Waals surface area (Å²) in [7, 11) is 0. The van der Waals surface area contributed by atoms with Crippen molar-refractivity contribution in [2.75, 3.05) is 6.54 Å². The molecule has 0 spiro atoms. The second-order valence-electron chi connectivity index (χ2n) is 4.76. The van der Waals surface area contributed by atoms with Crippen molar-refractivity contribution in [1.82, 2.24) is 10.6 Å². The monoisotopic (exact) mass is 226 g/mol. The number of hydrogen-bond acceptors (Lipinski definition) is 2. The van der Waals surface area contributed by atoms with Crippen LogP contribution in [0, 0.1) is 0 Å². The summed E-state index contributed by atoms with van der Waals surface area (Å²) in [6.07, 6.45) is 6.01. The zero-order valence-corrected chi connectivity index (χ0v) is 11.3. The van der Waals surface area contributed by atoms with Crippen molar-refractivity contribution in [3.8, 4) is 0 Å². The molecule has 3 nitrogen and oxygen atoms in total. The lowest BCUT2D eigenvalue weighted by atomic mass is 10.0. The first-order valence-electron chi connectivity index (χ1n) is 6.09. The lowest BCUT2D eigenvalue weighted by Crippen LogP contribution is -2.50. The Hall–Kier alpha value is -0.830. The summed E-state index contributed by atoms with van der Waals surface area (Å²) in [6, 6.07) is -0.129. The van der Waals surface area contributed by atoms with Crippen molar-refractivity contribution < 1.29 is 4.79 Å². The van der Waals surface area contributed by atoms with E-state index in [2.05, 4.69) is 23.6 Å². The molecule has 0 saturated heterocycles. The van der Waals surface area contributed by atoms with E-state index in [-0.39, 0.29) is 17.5 Å². The minimum Gasteiger partial charge on any atom is -0.350 e. The van der Waals surface area contributed by atoms with Crippen molar-refractivity contribution in [1.29, 1.82) is 0 Å². The average Bonchev–Trinajstić information content (AvgIpc) is 2.23. The maximum absolute atomic E-state index is 11.8. The van der Waals surface area contributed by atoms with Crippen LogP contribution in [0.3, 0.4) is 0 Å². The van der Waals surface area contributed by atoms with E-state index in [0.717, 1.165) is 19.4 Å². The highest BCUT2D eigenvalue weighted by molar-refractivity contribution is 5.81. The first kappa shape index (κ1) is 15.2. The Labute approximate surface area is 99.7 Å². The van der Waals surface area contributed by atoms with E-state index in [1.807, 2.05) is 33.8 Å². The summed E-state index contributed by atoms with van der Waals surface area (Å²) in [6.45, 7) is 10.9. The van der Waals surface area contributed by atoms with Crippen LogP contribution in [0.25, 0.3) is 0 Å². The van der Waals surface area contributed by atoms with E-state index < -0.39 is 0 Å². The van der Waals surface area contributed by atoms with Gasteiger partial charge in [0, 0.05) is 5.54 Å². The zero-order chi connectivity index (χ0) is 12.6. The van der Waals surface area contributed by atoms with Gasteiger partial charge in [0.15, 0.2) is 0 Å². The van der Waals surface area contributed by atoms with Gasteiger partial charge in [0.2, 0.25) is 5.91 Å². The highest BCUT2D eigenvalue weighted by Gasteiger charge is 2.20. The molecular weight excluding hydrogens is 200 g/mol. The van der Waals surface area contributed by atoms with E-state index in [0.29, 0.717) is 0 Å². The number of carbonyl (C=O) groups is 1. The number of amides is 1. The van der Waals surface area contributed by atoms with Gasteiger partial charge < -0.3 is 10.6 Å². The number of allylic oxidation sites excluding steroid dienone is 1. The fourth-order valence-corrected chi connectivity index (χ4v) is 1.17. The van der Waals surface area contributed by atoms with Crippen molar-refractivity contribution in [3.05, 3.63) is 12.2 Å². The fraction of sp³-hybridized carbons (Fsp3) is 0.769. The number of carbonyl (C=O) groups excluding carboxylic acids is 1. The second kappa shape index (κ2) is 7.44. The molecule has 0 rings (SSSR count). The summed E-state index contributed by atoms with van der Waals surface area (Å²) in [5.41, 5.74) is -0.115. The standard InChI is InChI=1S/C13H26N2O/c1-6-8-9-10-14-11(3)12(16)15-13(4,5)7-2/h6,8,11,14H,7,9-10H2,1-5H3,(H,15,16)/b8-6+. The van der Waals surface area contributed by atoms with Gasteiger partial charge in [0.05, 0.1) is 6.04 Å². The quantitative estimate of drug-likeness (QED) is 0.516. The first-order valence-corrected chi connectivity index (χ1v) is 6.09. The van der Waals surface area contributed by atoms with Crippen LogP contribution < -0.4 is 10.6 Å². The average molecular weight is 226 g/mol. The summed E-state index contributed by atoms with van der Waals surface area (Å²) in [4.78, 5) is 11.8. The molecule has 0 saturated carbocycles. The Kier molecular flexibility index (Phi) is 7.06. The van der Waals surface area contributed by atoms with E-state index in [4.69, 9.17) is 0 Å². The molecule has 0 aromatic heterocycles. The van der Waals surface area contributed by atoms with Crippen LogP contribution in [-0.2, 0) is 4.79 Å². The van der Waals surface area contributed by atoms with Crippen molar-refractivity contribution in [2.24, 2.45) is 0 Å². The smallest absolute Gasteiger partial charge is 0.237 e. The van der Waals surface area contributed by atoms with Crippen LogP contribution in [-0.4, -0.2) is 24.0 Å². The Morgan fingerprint density at radius 3 is 2.56 bits per heavy atom. The second-order valence-corrected chi connectivity index (χ2v) is 4.76. The minimum atomic E-state index is -0.129. The molecule has 1 unspecified atom stereocenters. The Morgan fingerprint density at radius 2 is 2.06 bits per heavy atom. The molecule has 0 aliphatic carbocycles. The van der Waals surface area contributed by atoms with E-state index in [1.165, 1.54) is 0 Å². The van der Waals surface area contributed by atoms with Crippen LogP contribution >= 0.6 is 0 Å². The molecule has 0 fully saturated rings. The highest BCUT2D eigenvalue weighted by atomic mass is 16.2. The van der Waals surface area contributed by atoms with Crippen molar-refractivity contribution in [2.45, 2.75) is 59.0 Å². The van der Waals surface area contributed by atoms with Crippen molar-refractivity contribution in [3.63, 3.8) is 0 Å². The highest BCUT2D eigenvalue weighted by Crippen LogP contribution is 2.06. The van der Waals surface area contributed by atoms with Gasteiger partial charge in [-0.2, -0.15) is 0 Å². The molecule has 0 bridgehead atoms. The molecular formula is C13H26N2O. The molecule has 3 heteroatoms. The normalized spacial score (nSPS) is 14.1. The van der Waals surface area contributed by atoms with E-state index in [1.54, 1.807) is 0 Å². The van der Waals surface area contributed by atoms with Gasteiger partial charge in [-0.3, -0.25) is 4.79 Å². The van der Waals surface area contributed by atoms with Crippen molar-refractivity contribution >= 4 is 5.91 Å². The summed E-state index contributed by atoms with van der Waals surface area (Å²) in [5, 5.41) is 6.23. The summed E-state index contributed by atoms with van der Waals surface area (Å²) >= 11 is 0. The predicted molar refractivity (Wildman–Crippen MR) is 69.4 cm³/mol. The molecule has 0 heterocycles. The van der Waals surface area contributed by atoms with Gasteiger partial charge in [-0.1, -0.05) is 19.1 Å². The summed E-state index contributed by atoms with van der Waals surface area (Å²) in [5.74, 6) is 0.0762. The predicted octanol–water partition coefficient (Wildman–Crippen LogP) is 2.24. The van der Waals surface area contributed by atoms with Gasteiger partial charge in [0.1, 0.15) is 0 Å². The SMILES string of the molecule is C/C=C/CCNC(C)C(=O)NC(C)(C)CC. The maximum atomic E-state index is 11.8. The molecule has 1 atom stereocenters. The summed E-state index contributed by atoms with van der Waals surface area (Å²) < 4.78 is 0. The van der Waals surface area contributed by atoms with Crippen LogP contribution in [0.2, 0.25) is 0 Å². The molecule has 0 aliphatic rings. The zero-order valence-electron chi connectivity index (χ0n) is 11.3. The first-order chi connectivity index (χ1) is 7.43. The largest absolute Gasteiger partial charge is 0.350 e. The van der Waals surface area contributed by atoms with E-state index in [9.17, 15) is 4.79 Å². The molecule has 0 radical (unpaired) electrons. The maximum Gasteiger partial charge on any atom is 0.237 e. The Balaban J connectivity index is 3.90. The lowest BCUT2D eigenvalue weighted by molar-refractivity contribution is -0.124.